The van der Waals surface area contributed by atoms with Crippen molar-refractivity contribution in [1.82, 2.24) is 0 Å². The van der Waals surface area contributed by atoms with Crippen LogP contribution < -0.4 is 5.73 Å². The van der Waals surface area contributed by atoms with Crippen LogP contribution in [0.5, 0.6) is 0 Å². The minimum Gasteiger partial charge on any atom is -0.400 e. The Kier molecular flexibility index (Phi) is 4.78. The van der Waals surface area contributed by atoms with E-state index < -0.39 is 36.7 Å². The average Bonchev–Trinajstić information content (AvgIpc) is 2.64. The van der Waals surface area contributed by atoms with Gasteiger partial charge in [0.25, 0.3) is 0 Å². The number of benzene rings is 1. The number of aliphatic hydroxyl groups is 1. The zero-order chi connectivity index (χ0) is 18.3. The first-order chi connectivity index (χ1) is 10.9. The summed E-state index contributed by atoms with van der Waals surface area (Å²) in [7, 11) is -0.918. The van der Waals surface area contributed by atoms with Crippen LogP contribution in [0.15, 0.2) is 23.7 Å². The van der Waals surface area contributed by atoms with Crippen LogP contribution in [0.4, 0.5) is 18.9 Å². The number of aliphatic hydroxyl groups excluding tert-OH is 1. The van der Waals surface area contributed by atoms with Crippen molar-refractivity contribution < 1.29 is 27.6 Å². The van der Waals surface area contributed by atoms with Gasteiger partial charge >= 0.3 is 13.3 Å². The molecule has 1 fully saturated rings. The summed E-state index contributed by atoms with van der Waals surface area (Å²) in [5, 5.41) is 9.60. The summed E-state index contributed by atoms with van der Waals surface area (Å²) in [6, 6.07) is 3.50. The van der Waals surface area contributed by atoms with Gasteiger partial charge in [-0.3, -0.25) is 0 Å². The van der Waals surface area contributed by atoms with Crippen LogP contribution in [-0.4, -0.2) is 30.0 Å². The molecular weight excluding hydrogens is 322 g/mol. The summed E-state index contributed by atoms with van der Waals surface area (Å²) >= 11 is 0. The third-order valence-electron chi connectivity index (χ3n) is 4.46. The molecule has 1 heterocycles. The van der Waals surface area contributed by atoms with Crippen molar-refractivity contribution in [2.45, 2.75) is 45.1 Å². The van der Waals surface area contributed by atoms with Gasteiger partial charge in [-0.15, -0.1) is 0 Å². The number of nitrogen functional groups attached to an aromatic ring is 1. The molecule has 1 aliphatic rings. The normalized spacial score (nSPS) is 20.5. The molecule has 4 nitrogen and oxygen atoms in total. The number of hydrogen-bond acceptors (Lipinski definition) is 4. The molecule has 0 aliphatic carbocycles. The van der Waals surface area contributed by atoms with E-state index in [0.717, 1.165) is 6.07 Å². The Morgan fingerprint density at radius 3 is 2.21 bits per heavy atom. The van der Waals surface area contributed by atoms with Crippen molar-refractivity contribution >= 4 is 18.9 Å². The summed E-state index contributed by atoms with van der Waals surface area (Å²) in [6.45, 7) is 6.82. The minimum atomic E-state index is -4.56. The van der Waals surface area contributed by atoms with Crippen LogP contribution in [0.25, 0.3) is 6.08 Å². The first kappa shape index (κ1) is 18.8. The molecule has 0 radical (unpaired) electrons. The molecule has 1 aromatic rings. The number of nitrogens with two attached hydrogens (primary N) is 1. The lowest BCUT2D eigenvalue weighted by Gasteiger charge is -2.32. The fraction of sp³-hybridized carbons (Fsp3) is 0.500. The zero-order valence-corrected chi connectivity index (χ0v) is 14.1. The molecule has 0 spiro atoms. The topological polar surface area (TPSA) is 64.7 Å². The second-order valence-corrected chi connectivity index (χ2v) is 6.81. The number of hydrogen-bond donors (Lipinski definition) is 2. The lowest BCUT2D eigenvalue weighted by atomic mass is 9.77. The summed E-state index contributed by atoms with van der Waals surface area (Å²) in [6.07, 6.45) is -3.32. The maximum Gasteiger partial charge on any atom is 0.492 e. The van der Waals surface area contributed by atoms with Crippen LogP contribution in [0, 0.1) is 0 Å². The molecule has 0 saturated carbocycles. The largest absolute Gasteiger partial charge is 0.492 e. The fourth-order valence-electron chi connectivity index (χ4n) is 2.33. The molecule has 1 saturated heterocycles. The van der Waals surface area contributed by atoms with E-state index in [1.807, 2.05) is 27.7 Å². The van der Waals surface area contributed by atoms with Gasteiger partial charge in [0, 0.05) is 5.69 Å². The van der Waals surface area contributed by atoms with Gasteiger partial charge in [0.05, 0.1) is 23.4 Å². The third kappa shape index (κ3) is 3.60. The molecule has 24 heavy (non-hydrogen) atoms. The highest BCUT2D eigenvalue weighted by atomic mass is 19.4. The van der Waals surface area contributed by atoms with E-state index in [4.69, 9.17) is 15.0 Å². The van der Waals surface area contributed by atoms with Crippen LogP contribution in [0.2, 0.25) is 0 Å². The van der Waals surface area contributed by atoms with E-state index in [9.17, 15) is 18.3 Å². The molecular formula is C16H21BF3NO3. The van der Waals surface area contributed by atoms with Crippen LogP contribution in [0.3, 0.4) is 0 Å². The quantitative estimate of drug-likeness (QED) is 0.653. The van der Waals surface area contributed by atoms with E-state index in [2.05, 4.69) is 0 Å². The Labute approximate surface area is 139 Å². The van der Waals surface area contributed by atoms with Crippen molar-refractivity contribution in [3.05, 3.63) is 34.8 Å². The smallest absolute Gasteiger partial charge is 0.400 e. The second kappa shape index (κ2) is 6.09. The van der Waals surface area contributed by atoms with Crippen molar-refractivity contribution in [1.29, 1.82) is 0 Å². The predicted molar refractivity (Wildman–Crippen MR) is 87.0 cm³/mol. The van der Waals surface area contributed by atoms with Crippen molar-refractivity contribution in [3.8, 4) is 0 Å². The van der Waals surface area contributed by atoms with E-state index in [0.29, 0.717) is 0 Å². The van der Waals surface area contributed by atoms with Crippen LogP contribution in [0.1, 0.15) is 38.8 Å². The van der Waals surface area contributed by atoms with Crippen molar-refractivity contribution in [3.63, 3.8) is 0 Å². The first-order valence-corrected chi connectivity index (χ1v) is 7.51. The Morgan fingerprint density at radius 2 is 1.75 bits per heavy atom. The zero-order valence-electron chi connectivity index (χ0n) is 14.1. The van der Waals surface area contributed by atoms with Gasteiger partial charge < -0.3 is 20.1 Å². The van der Waals surface area contributed by atoms with Gasteiger partial charge in [-0.05, 0) is 50.9 Å². The molecule has 0 bridgehead atoms. The fourth-order valence-corrected chi connectivity index (χ4v) is 2.33. The number of alkyl halides is 3. The Hall–Kier alpha value is -1.51. The molecule has 0 amide bonds. The first-order valence-electron chi connectivity index (χ1n) is 7.51. The molecule has 0 unspecified atom stereocenters. The standard InChI is InChI=1S/C16H21BF3NO3/c1-14(2)15(3,4)24-17(23-14)11(9-22)7-10-5-6-12(21)8-13(10)16(18,19)20/h5-8,22H,9,21H2,1-4H3. The van der Waals surface area contributed by atoms with Crippen molar-refractivity contribution in [2.24, 2.45) is 0 Å². The Morgan fingerprint density at radius 1 is 1.21 bits per heavy atom. The molecule has 132 valence electrons. The highest BCUT2D eigenvalue weighted by Crippen LogP contribution is 2.39. The van der Waals surface area contributed by atoms with E-state index in [1.54, 1.807) is 0 Å². The summed E-state index contributed by atoms with van der Waals surface area (Å²) in [4.78, 5) is 0. The van der Waals surface area contributed by atoms with Gasteiger partial charge in [-0.25, -0.2) is 0 Å². The van der Waals surface area contributed by atoms with Gasteiger partial charge in [-0.2, -0.15) is 13.2 Å². The number of rotatable bonds is 3. The number of halogens is 3. The molecule has 0 aromatic heterocycles. The minimum absolute atomic E-state index is 0.0145. The van der Waals surface area contributed by atoms with E-state index >= 15 is 0 Å². The Bertz CT molecular complexity index is 640. The third-order valence-corrected chi connectivity index (χ3v) is 4.46. The number of anilines is 1. The summed E-state index contributed by atoms with van der Waals surface area (Å²) in [5.41, 5.74) is 3.41. The highest BCUT2D eigenvalue weighted by Gasteiger charge is 2.52. The van der Waals surface area contributed by atoms with E-state index in [-0.39, 0.29) is 16.7 Å². The predicted octanol–water partition coefficient (Wildman–Crippen LogP) is 3.29. The monoisotopic (exact) mass is 343 g/mol. The SMILES string of the molecule is CC1(C)OB(C(=Cc2ccc(N)cc2C(F)(F)F)CO)OC1(C)C. The molecule has 8 heteroatoms. The van der Waals surface area contributed by atoms with Crippen LogP contribution >= 0.6 is 0 Å². The van der Waals surface area contributed by atoms with Crippen LogP contribution in [-0.2, 0) is 15.5 Å². The lowest BCUT2D eigenvalue weighted by Crippen LogP contribution is -2.41. The maximum absolute atomic E-state index is 13.2. The molecule has 0 atom stereocenters. The lowest BCUT2D eigenvalue weighted by molar-refractivity contribution is -0.137. The second-order valence-electron chi connectivity index (χ2n) is 6.81. The van der Waals surface area contributed by atoms with E-state index in [1.165, 1.54) is 18.2 Å². The molecule has 3 N–H and O–H groups in total. The Balaban J connectivity index is 2.43. The van der Waals surface area contributed by atoms with Gasteiger partial charge in [-0.1, -0.05) is 12.1 Å². The highest BCUT2D eigenvalue weighted by molar-refractivity contribution is 6.55. The molecule has 1 aromatic carbocycles. The van der Waals surface area contributed by atoms with Gasteiger partial charge in [0.2, 0.25) is 0 Å². The maximum atomic E-state index is 13.2. The van der Waals surface area contributed by atoms with Gasteiger partial charge in [0.1, 0.15) is 0 Å². The molecule has 2 rings (SSSR count). The summed E-state index contributed by atoms with van der Waals surface area (Å²) in [5.74, 6) is 0. The van der Waals surface area contributed by atoms with Crippen molar-refractivity contribution in [2.75, 3.05) is 12.3 Å². The average molecular weight is 343 g/mol. The molecule has 1 aliphatic heterocycles. The summed E-state index contributed by atoms with van der Waals surface area (Å²) < 4.78 is 51.2. The van der Waals surface area contributed by atoms with Gasteiger partial charge in [0.15, 0.2) is 0 Å².